The van der Waals surface area contributed by atoms with Crippen molar-refractivity contribution < 1.29 is 9.47 Å². The molecule has 3 heteroatoms. The Morgan fingerprint density at radius 2 is 1.75 bits per heavy atom. The highest BCUT2D eigenvalue weighted by Gasteiger charge is 2.00. The summed E-state index contributed by atoms with van der Waals surface area (Å²) in [7, 11) is 3.33. The van der Waals surface area contributed by atoms with Gasteiger partial charge in [0.2, 0.25) is 0 Å². The van der Waals surface area contributed by atoms with Crippen molar-refractivity contribution >= 4 is 15.9 Å². The summed E-state index contributed by atoms with van der Waals surface area (Å²) in [5.41, 5.74) is 2.51. The predicted molar refractivity (Wildman–Crippen MR) is 70.8 cm³/mol. The molecule has 1 rings (SSSR count). The summed E-state index contributed by atoms with van der Waals surface area (Å²) in [5.74, 6) is 1.67. The molecule has 0 aliphatic carbocycles. The lowest BCUT2D eigenvalue weighted by Gasteiger charge is -2.07. The molecule has 0 radical (unpaired) electrons. The molecule has 2 nitrogen and oxygen atoms in total. The Morgan fingerprint density at radius 1 is 1.19 bits per heavy atom. The van der Waals surface area contributed by atoms with Crippen molar-refractivity contribution in [2.45, 2.75) is 13.3 Å². The standard InChI is InChI=1S/C13H17BrO2/c1-10(9-14)4-5-11-6-12(15-2)8-13(7-11)16-3/h4,6-8H,5,9H2,1-3H3/b10-4+. The number of benzene rings is 1. The van der Waals surface area contributed by atoms with E-state index in [0.717, 1.165) is 23.2 Å². The molecular formula is C13H17BrO2. The molecule has 0 atom stereocenters. The topological polar surface area (TPSA) is 18.5 Å². The van der Waals surface area contributed by atoms with E-state index in [1.165, 1.54) is 11.1 Å². The van der Waals surface area contributed by atoms with Crippen molar-refractivity contribution in [3.8, 4) is 11.5 Å². The minimum absolute atomic E-state index is 0.833. The minimum atomic E-state index is 0.833. The molecule has 1 aromatic carbocycles. The minimum Gasteiger partial charge on any atom is -0.497 e. The normalized spacial score (nSPS) is 11.4. The van der Waals surface area contributed by atoms with E-state index in [9.17, 15) is 0 Å². The second-order valence-corrected chi connectivity index (χ2v) is 4.17. The van der Waals surface area contributed by atoms with E-state index in [2.05, 4.69) is 28.9 Å². The summed E-state index contributed by atoms with van der Waals surface area (Å²) < 4.78 is 10.4. The number of hydrogen-bond donors (Lipinski definition) is 0. The molecule has 0 fully saturated rings. The van der Waals surface area contributed by atoms with Crippen LogP contribution >= 0.6 is 15.9 Å². The lowest BCUT2D eigenvalue weighted by atomic mass is 10.1. The van der Waals surface area contributed by atoms with E-state index < -0.39 is 0 Å². The molecule has 1 aromatic rings. The fourth-order valence-corrected chi connectivity index (χ4v) is 1.56. The fraction of sp³-hybridized carbons (Fsp3) is 0.385. The van der Waals surface area contributed by atoms with Crippen LogP contribution in [-0.4, -0.2) is 19.5 Å². The average molecular weight is 285 g/mol. The molecule has 0 saturated heterocycles. The van der Waals surface area contributed by atoms with Crippen molar-refractivity contribution in [3.05, 3.63) is 35.4 Å². The SMILES string of the molecule is COc1cc(C/C=C(\C)CBr)cc(OC)c1. The lowest BCUT2D eigenvalue weighted by Crippen LogP contribution is -1.91. The van der Waals surface area contributed by atoms with Gasteiger partial charge in [0.1, 0.15) is 11.5 Å². The Bertz CT molecular complexity index is 350. The quantitative estimate of drug-likeness (QED) is 0.608. The molecule has 0 aromatic heterocycles. The first-order valence-electron chi connectivity index (χ1n) is 5.13. The third kappa shape index (κ3) is 3.89. The van der Waals surface area contributed by atoms with Gasteiger partial charge in [0.05, 0.1) is 14.2 Å². The number of methoxy groups -OCH3 is 2. The summed E-state index contributed by atoms with van der Waals surface area (Å²) in [5, 5.41) is 0.911. The van der Waals surface area contributed by atoms with Crippen LogP contribution in [0.3, 0.4) is 0 Å². The molecule has 0 unspecified atom stereocenters. The first kappa shape index (κ1) is 13.1. The van der Waals surface area contributed by atoms with E-state index in [0.29, 0.717) is 0 Å². The highest BCUT2D eigenvalue weighted by atomic mass is 79.9. The van der Waals surface area contributed by atoms with Crippen LogP contribution in [-0.2, 0) is 6.42 Å². The largest absolute Gasteiger partial charge is 0.497 e. The maximum Gasteiger partial charge on any atom is 0.122 e. The molecule has 0 saturated carbocycles. The fourth-order valence-electron chi connectivity index (χ4n) is 1.33. The molecule has 0 N–H and O–H groups in total. The Labute approximate surface area is 105 Å². The van der Waals surface area contributed by atoms with Crippen molar-refractivity contribution in [1.29, 1.82) is 0 Å². The zero-order chi connectivity index (χ0) is 12.0. The smallest absolute Gasteiger partial charge is 0.122 e. The third-order valence-corrected chi connectivity index (χ3v) is 3.19. The van der Waals surface area contributed by atoms with Gasteiger partial charge in [-0.3, -0.25) is 0 Å². The first-order valence-corrected chi connectivity index (χ1v) is 6.25. The Balaban J connectivity index is 2.86. The molecule has 0 aliphatic rings. The van der Waals surface area contributed by atoms with Crippen LogP contribution in [0.5, 0.6) is 11.5 Å². The maximum absolute atomic E-state index is 5.22. The van der Waals surface area contributed by atoms with Crippen LogP contribution in [0, 0.1) is 0 Å². The van der Waals surface area contributed by atoms with Gasteiger partial charge in [0.25, 0.3) is 0 Å². The van der Waals surface area contributed by atoms with E-state index in [1.807, 2.05) is 18.2 Å². The average Bonchev–Trinajstić information content (AvgIpc) is 2.35. The predicted octanol–water partition coefficient (Wildman–Crippen LogP) is 3.59. The van der Waals surface area contributed by atoms with Gasteiger partial charge < -0.3 is 9.47 Å². The van der Waals surface area contributed by atoms with Gasteiger partial charge in [-0.25, -0.2) is 0 Å². The van der Waals surface area contributed by atoms with Gasteiger partial charge in [0.15, 0.2) is 0 Å². The summed E-state index contributed by atoms with van der Waals surface area (Å²) >= 11 is 3.43. The molecule has 0 amide bonds. The number of halogens is 1. The molecule has 0 aliphatic heterocycles. The number of rotatable bonds is 5. The van der Waals surface area contributed by atoms with Gasteiger partial charge in [-0.05, 0) is 31.0 Å². The Hall–Kier alpha value is -0.960. The molecule has 0 bridgehead atoms. The molecule has 0 heterocycles. The number of ether oxygens (including phenoxy) is 2. The Kier molecular flexibility index (Phi) is 5.39. The second-order valence-electron chi connectivity index (χ2n) is 3.61. The summed E-state index contributed by atoms with van der Waals surface area (Å²) in [6, 6.07) is 5.94. The number of alkyl halides is 1. The number of allylic oxidation sites excluding steroid dienone is 2. The summed E-state index contributed by atoms with van der Waals surface area (Å²) in [6.07, 6.45) is 3.09. The van der Waals surface area contributed by atoms with Gasteiger partial charge in [-0.1, -0.05) is 27.6 Å². The maximum atomic E-state index is 5.22. The van der Waals surface area contributed by atoms with Crippen molar-refractivity contribution in [1.82, 2.24) is 0 Å². The summed E-state index contributed by atoms with van der Waals surface area (Å²) in [6.45, 7) is 2.10. The molecule has 16 heavy (non-hydrogen) atoms. The molecule has 0 spiro atoms. The van der Waals surface area contributed by atoms with E-state index in [-0.39, 0.29) is 0 Å². The van der Waals surface area contributed by atoms with Crippen LogP contribution < -0.4 is 9.47 Å². The van der Waals surface area contributed by atoms with Crippen LogP contribution in [0.2, 0.25) is 0 Å². The highest BCUT2D eigenvalue weighted by Crippen LogP contribution is 2.23. The zero-order valence-electron chi connectivity index (χ0n) is 9.92. The van der Waals surface area contributed by atoms with Crippen molar-refractivity contribution in [2.24, 2.45) is 0 Å². The highest BCUT2D eigenvalue weighted by molar-refractivity contribution is 9.09. The van der Waals surface area contributed by atoms with Gasteiger partial charge >= 0.3 is 0 Å². The van der Waals surface area contributed by atoms with Crippen LogP contribution in [0.4, 0.5) is 0 Å². The van der Waals surface area contributed by atoms with Crippen LogP contribution in [0.25, 0.3) is 0 Å². The third-order valence-electron chi connectivity index (χ3n) is 2.31. The molecule has 88 valence electrons. The van der Waals surface area contributed by atoms with E-state index in [1.54, 1.807) is 14.2 Å². The first-order chi connectivity index (χ1) is 7.69. The van der Waals surface area contributed by atoms with Crippen LogP contribution in [0.1, 0.15) is 12.5 Å². The van der Waals surface area contributed by atoms with Gasteiger partial charge in [-0.15, -0.1) is 0 Å². The number of hydrogen-bond acceptors (Lipinski definition) is 2. The molecular weight excluding hydrogens is 268 g/mol. The second kappa shape index (κ2) is 6.59. The monoisotopic (exact) mass is 284 g/mol. The van der Waals surface area contributed by atoms with Gasteiger partial charge in [0, 0.05) is 11.4 Å². The van der Waals surface area contributed by atoms with E-state index >= 15 is 0 Å². The summed E-state index contributed by atoms with van der Waals surface area (Å²) in [4.78, 5) is 0. The van der Waals surface area contributed by atoms with Gasteiger partial charge in [-0.2, -0.15) is 0 Å². The lowest BCUT2D eigenvalue weighted by molar-refractivity contribution is 0.393. The van der Waals surface area contributed by atoms with Crippen molar-refractivity contribution in [3.63, 3.8) is 0 Å². The van der Waals surface area contributed by atoms with Crippen molar-refractivity contribution in [2.75, 3.05) is 19.5 Å². The zero-order valence-corrected chi connectivity index (χ0v) is 11.5. The Morgan fingerprint density at radius 3 is 2.19 bits per heavy atom. The van der Waals surface area contributed by atoms with E-state index in [4.69, 9.17) is 9.47 Å². The van der Waals surface area contributed by atoms with Crippen LogP contribution in [0.15, 0.2) is 29.8 Å².